The Balaban J connectivity index is 1.66. The summed E-state index contributed by atoms with van der Waals surface area (Å²) in [4.78, 5) is 3.71. The Labute approximate surface area is 219 Å². The van der Waals surface area contributed by atoms with Gasteiger partial charge in [0.25, 0.3) is 0 Å². The van der Waals surface area contributed by atoms with Crippen molar-refractivity contribution >= 4 is 34.3 Å². The van der Waals surface area contributed by atoms with E-state index in [2.05, 4.69) is 141 Å². The summed E-state index contributed by atoms with van der Waals surface area (Å²) in [5, 5.41) is 4.85. The predicted molar refractivity (Wildman–Crippen MR) is 160 cm³/mol. The Morgan fingerprint density at radius 3 is 2.24 bits per heavy atom. The molecular weight excluding hydrogens is 448 g/mol. The number of aromatic nitrogens is 1. The van der Waals surface area contributed by atoms with Crippen LogP contribution in [0.1, 0.15) is 47.4 Å². The maximum Gasteiger partial charge on any atom is 0.0468 e. The van der Waals surface area contributed by atoms with Crippen LogP contribution in [0.15, 0.2) is 97.2 Å². The van der Waals surface area contributed by atoms with Gasteiger partial charge in [0.05, 0.1) is 0 Å². The van der Waals surface area contributed by atoms with Crippen molar-refractivity contribution in [1.82, 2.24) is 4.98 Å². The van der Waals surface area contributed by atoms with Gasteiger partial charge < -0.3 is 10.3 Å². The molecule has 5 aromatic rings. The summed E-state index contributed by atoms with van der Waals surface area (Å²) in [5.41, 5.74) is 13.4. The van der Waals surface area contributed by atoms with Gasteiger partial charge in [-0.3, -0.25) is 0 Å². The van der Waals surface area contributed by atoms with Gasteiger partial charge in [0.15, 0.2) is 0 Å². The molecule has 6 rings (SSSR count). The molecule has 0 aliphatic heterocycles. The van der Waals surface area contributed by atoms with E-state index in [-0.39, 0.29) is 5.41 Å². The summed E-state index contributed by atoms with van der Waals surface area (Å²) in [7, 11) is 0. The number of fused-ring (bicyclic) bond motifs is 4. The van der Waals surface area contributed by atoms with E-state index < -0.39 is 0 Å². The highest BCUT2D eigenvalue weighted by Gasteiger charge is 2.34. The molecule has 0 radical (unpaired) electrons. The number of H-pyrrole nitrogens is 1. The van der Waals surface area contributed by atoms with Gasteiger partial charge in [0.2, 0.25) is 0 Å². The van der Waals surface area contributed by atoms with Crippen molar-refractivity contribution in [2.75, 3.05) is 5.32 Å². The number of anilines is 1. The number of hydrogen-bond acceptors (Lipinski definition) is 1. The molecule has 1 aliphatic carbocycles. The van der Waals surface area contributed by atoms with E-state index in [4.69, 9.17) is 0 Å². The zero-order chi connectivity index (χ0) is 25.6. The van der Waals surface area contributed by atoms with Crippen LogP contribution in [0.5, 0.6) is 0 Å². The highest BCUT2D eigenvalue weighted by Crippen LogP contribution is 2.48. The minimum Gasteiger partial charge on any atom is -0.361 e. The quantitative estimate of drug-likeness (QED) is 0.264. The van der Waals surface area contributed by atoms with Crippen molar-refractivity contribution in [2.24, 2.45) is 0 Å². The number of aromatic amines is 1. The van der Waals surface area contributed by atoms with E-state index in [0.717, 1.165) is 16.9 Å². The summed E-state index contributed by atoms with van der Waals surface area (Å²) >= 11 is 0. The average Bonchev–Trinajstić information content (AvgIpc) is 3.26. The van der Waals surface area contributed by atoms with Crippen LogP contribution in [0.25, 0.3) is 39.8 Å². The van der Waals surface area contributed by atoms with Crippen LogP contribution in [-0.4, -0.2) is 4.98 Å². The molecular formula is C35H32N2. The van der Waals surface area contributed by atoms with Crippen molar-refractivity contribution in [2.45, 2.75) is 33.1 Å². The Hall–Kier alpha value is -4.30. The lowest BCUT2D eigenvalue weighted by Gasteiger charge is -2.34. The molecule has 0 saturated heterocycles. The fourth-order valence-corrected chi connectivity index (χ4v) is 5.80. The van der Waals surface area contributed by atoms with Crippen LogP contribution in [0.3, 0.4) is 0 Å². The second-order valence-electron chi connectivity index (χ2n) is 10.5. The molecule has 0 bridgehead atoms. The lowest BCUT2D eigenvalue weighted by atomic mass is 9.70. The summed E-state index contributed by atoms with van der Waals surface area (Å²) in [6.07, 6.45) is 6.80. The standard InChI is InChI=1S/C35H32N2/c1-23-12-8-9-15-26(23)33-24(2)18-20-29-27(33)19-21-32-34(28-16-10-11-17-31(28)37-32)30(35(29,3)4)22-36-25-13-6-5-7-14-25/h5-22,36-37H,1-4H3/b21-19-,30-22-. The maximum atomic E-state index is 3.71. The second-order valence-corrected chi connectivity index (χ2v) is 10.5. The molecule has 1 heterocycles. The molecule has 37 heavy (non-hydrogen) atoms. The largest absolute Gasteiger partial charge is 0.361 e. The topological polar surface area (TPSA) is 27.8 Å². The van der Waals surface area contributed by atoms with Crippen LogP contribution in [0, 0.1) is 13.8 Å². The molecule has 0 saturated carbocycles. The predicted octanol–water partition coefficient (Wildman–Crippen LogP) is 9.37. The van der Waals surface area contributed by atoms with Crippen LogP contribution in [0.2, 0.25) is 0 Å². The zero-order valence-electron chi connectivity index (χ0n) is 21.9. The fraction of sp³-hybridized carbons (Fsp3) is 0.143. The van der Waals surface area contributed by atoms with E-state index in [9.17, 15) is 0 Å². The Morgan fingerprint density at radius 1 is 0.703 bits per heavy atom. The Kier molecular flexibility index (Phi) is 5.61. The lowest BCUT2D eigenvalue weighted by molar-refractivity contribution is 0.690. The average molecular weight is 481 g/mol. The van der Waals surface area contributed by atoms with Crippen molar-refractivity contribution < 1.29 is 0 Å². The Bertz CT molecular complexity index is 1680. The molecule has 0 atom stereocenters. The van der Waals surface area contributed by atoms with E-state index in [1.165, 1.54) is 49.9 Å². The second kappa shape index (κ2) is 8.97. The van der Waals surface area contributed by atoms with Crippen LogP contribution in [0.4, 0.5) is 5.69 Å². The van der Waals surface area contributed by atoms with Crippen molar-refractivity contribution in [3.05, 3.63) is 131 Å². The number of rotatable bonds is 3. The van der Waals surface area contributed by atoms with Crippen molar-refractivity contribution in [1.29, 1.82) is 0 Å². The maximum absolute atomic E-state index is 3.71. The molecule has 0 unspecified atom stereocenters. The van der Waals surface area contributed by atoms with Crippen LogP contribution in [-0.2, 0) is 5.41 Å². The van der Waals surface area contributed by atoms with Gasteiger partial charge >= 0.3 is 0 Å². The van der Waals surface area contributed by atoms with Gasteiger partial charge in [0, 0.05) is 39.5 Å². The first-order chi connectivity index (χ1) is 17.9. The van der Waals surface area contributed by atoms with Gasteiger partial charge in [0.1, 0.15) is 0 Å². The monoisotopic (exact) mass is 480 g/mol. The minimum atomic E-state index is -0.271. The normalized spacial score (nSPS) is 16.1. The van der Waals surface area contributed by atoms with Crippen molar-refractivity contribution in [3.63, 3.8) is 0 Å². The minimum absolute atomic E-state index is 0.271. The first-order valence-corrected chi connectivity index (χ1v) is 13.0. The third-order valence-electron chi connectivity index (χ3n) is 7.79. The van der Waals surface area contributed by atoms with Gasteiger partial charge in [-0.05, 0) is 77.1 Å². The zero-order valence-corrected chi connectivity index (χ0v) is 21.9. The summed E-state index contributed by atoms with van der Waals surface area (Å²) in [6.45, 7) is 9.14. The first kappa shape index (κ1) is 23.1. The summed E-state index contributed by atoms with van der Waals surface area (Å²) in [6, 6.07) is 32.3. The molecule has 1 aliphatic rings. The molecule has 0 amide bonds. The third-order valence-corrected chi connectivity index (χ3v) is 7.79. The number of hydrogen-bond donors (Lipinski definition) is 2. The van der Waals surface area contributed by atoms with Gasteiger partial charge in [-0.15, -0.1) is 0 Å². The smallest absolute Gasteiger partial charge is 0.0468 e. The fourth-order valence-electron chi connectivity index (χ4n) is 5.80. The summed E-state index contributed by atoms with van der Waals surface area (Å²) < 4.78 is 0. The van der Waals surface area contributed by atoms with E-state index >= 15 is 0 Å². The Morgan fingerprint density at radius 2 is 1.43 bits per heavy atom. The molecule has 182 valence electrons. The number of para-hydroxylation sites is 2. The number of aryl methyl sites for hydroxylation is 2. The third kappa shape index (κ3) is 3.90. The first-order valence-electron chi connectivity index (χ1n) is 13.0. The number of allylic oxidation sites excluding steroid dienone is 1. The summed E-state index contributed by atoms with van der Waals surface area (Å²) in [5.74, 6) is 0. The van der Waals surface area contributed by atoms with E-state index in [1.54, 1.807) is 0 Å². The molecule has 0 spiro atoms. The molecule has 2 N–H and O–H groups in total. The number of nitrogens with one attached hydrogen (secondary N) is 2. The SMILES string of the molecule is Cc1ccccc1-c1c(C)ccc2c1/C=C\c1[nH]c3ccccc3c1/C(=C/Nc1ccccc1)C2(C)C. The highest BCUT2D eigenvalue weighted by molar-refractivity contribution is 6.02. The van der Waals surface area contributed by atoms with Crippen molar-refractivity contribution in [3.8, 4) is 11.1 Å². The van der Waals surface area contributed by atoms with Crippen LogP contribution < -0.4 is 5.32 Å². The molecule has 1 aromatic heterocycles. The van der Waals surface area contributed by atoms with Gasteiger partial charge in [-0.1, -0.05) is 92.7 Å². The number of benzene rings is 4. The molecule has 0 fully saturated rings. The highest BCUT2D eigenvalue weighted by atomic mass is 14.8. The molecule has 2 heteroatoms. The van der Waals surface area contributed by atoms with Crippen LogP contribution >= 0.6 is 0 Å². The molecule has 4 aromatic carbocycles. The van der Waals surface area contributed by atoms with Gasteiger partial charge in [-0.25, -0.2) is 0 Å². The van der Waals surface area contributed by atoms with E-state index in [0.29, 0.717) is 0 Å². The lowest BCUT2D eigenvalue weighted by Crippen LogP contribution is -2.23. The van der Waals surface area contributed by atoms with Gasteiger partial charge in [-0.2, -0.15) is 0 Å². The molecule has 2 nitrogen and oxygen atoms in total. The van der Waals surface area contributed by atoms with E-state index in [1.807, 2.05) is 6.07 Å².